The van der Waals surface area contributed by atoms with Gasteiger partial charge in [-0.05, 0) is 25.0 Å². The van der Waals surface area contributed by atoms with Gasteiger partial charge in [0.05, 0.1) is 6.10 Å². The first-order valence-corrected chi connectivity index (χ1v) is 6.27. The van der Waals surface area contributed by atoms with Crippen molar-refractivity contribution in [1.82, 2.24) is 9.88 Å². The van der Waals surface area contributed by atoms with E-state index in [1.165, 1.54) is 0 Å². The molecule has 0 aromatic carbocycles. The van der Waals surface area contributed by atoms with E-state index in [0.29, 0.717) is 19.5 Å². The van der Waals surface area contributed by atoms with Crippen LogP contribution in [-0.2, 0) is 11.3 Å². The number of carbonyl (C=O) groups is 1. The SMILES string of the molecule is CCCC(O)c1ccn(CCC(=O)NCC)c1. The Hall–Kier alpha value is -1.29. The number of aryl methyl sites for hydroxylation is 1. The summed E-state index contributed by atoms with van der Waals surface area (Å²) < 4.78 is 1.95. The molecule has 0 aliphatic heterocycles. The van der Waals surface area contributed by atoms with Gasteiger partial charge in [-0.2, -0.15) is 0 Å². The molecule has 0 fully saturated rings. The van der Waals surface area contributed by atoms with Crippen molar-refractivity contribution in [2.24, 2.45) is 0 Å². The predicted molar refractivity (Wildman–Crippen MR) is 67.6 cm³/mol. The number of amides is 1. The summed E-state index contributed by atoms with van der Waals surface area (Å²) in [6.45, 7) is 5.29. The van der Waals surface area contributed by atoms with E-state index in [-0.39, 0.29) is 12.0 Å². The molecule has 0 radical (unpaired) electrons. The van der Waals surface area contributed by atoms with Gasteiger partial charge in [-0.15, -0.1) is 0 Å². The van der Waals surface area contributed by atoms with Crippen molar-refractivity contribution in [2.45, 2.75) is 45.8 Å². The van der Waals surface area contributed by atoms with E-state index in [1.807, 2.05) is 30.0 Å². The quantitative estimate of drug-likeness (QED) is 0.761. The highest BCUT2D eigenvalue weighted by atomic mass is 16.3. The van der Waals surface area contributed by atoms with Gasteiger partial charge in [0.2, 0.25) is 5.91 Å². The number of nitrogens with zero attached hydrogens (tertiary/aromatic N) is 1. The Bertz CT molecular complexity index is 347. The topological polar surface area (TPSA) is 54.3 Å². The molecule has 1 amide bonds. The molecule has 0 bridgehead atoms. The third-order valence-electron chi connectivity index (χ3n) is 2.69. The highest BCUT2D eigenvalue weighted by molar-refractivity contribution is 5.75. The minimum absolute atomic E-state index is 0.0665. The van der Waals surface area contributed by atoms with Crippen molar-refractivity contribution >= 4 is 5.91 Å². The number of aliphatic hydroxyl groups excluding tert-OH is 1. The summed E-state index contributed by atoms with van der Waals surface area (Å²) in [5.74, 6) is 0.0665. The molecule has 17 heavy (non-hydrogen) atoms. The Morgan fingerprint density at radius 1 is 1.53 bits per heavy atom. The number of nitrogens with one attached hydrogen (secondary N) is 1. The lowest BCUT2D eigenvalue weighted by Crippen LogP contribution is -2.23. The number of aliphatic hydroxyl groups is 1. The second-order valence-corrected chi connectivity index (χ2v) is 4.19. The molecular weight excluding hydrogens is 216 g/mol. The summed E-state index contributed by atoms with van der Waals surface area (Å²) in [5.41, 5.74) is 0.933. The van der Waals surface area contributed by atoms with E-state index in [2.05, 4.69) is 12.2 Å². The van der Waals surface area contributed by atoms with Crippen molar-refractivity contribution in [2.75, 3.05) is 6.54 Å². The van der Waals surface area contributed by atoms with Crippen LogP contribution in [0.1, 0.15) is 44.8 Å². The molecule has 0 aliphatic carbocycles. The minimum atomic E-state index is -0.384. The van der Waals surface area contributed by atoms with Crippen molar-refractivity contribution in [3.05, 3.63) is 24.0 Å². The molecule has 2 N–H and O–H groups in total. The molecule has 0 spiro atoms. The third-order valence-corrected chi connectivity index (χ3v) is 2.69. The predicted octanol–water partition coefficient (Wildman–Crippen LogP) is 1.85. The molecule has 1 atom stereocenters. The second kappa shape index (κ2) is 7.12. The number of aromatic nitrogens is 1. The van der Waals surface area contributed by atoms with Crippen LogP contribution in [0.3, 0.4) is 0 Å². The van der Waals surface area contributed by atoms with Gasteiger partial charge in [0.15, 0.2) is 0 Å². The van der Waals surface area contributed by atoms with Crippen LogP contribution in [0.4, 0.5) is 0 Å². The maximum atomic E-state index is 11.3. The summed E-state index contributed by atoms with van der Waals surface area (Å²) in [6.07, 6.45) is 5.66. The molecule has 1 unspecified atom stereocenters. The van der Waals surface area contributed by atoms with Gasteiger partial charge >= 0.3 is 0 Å². The van der Waals surface area contributed by atoms with Crippen LogP contribution in [-0.4, -0.2) is 22.1 Å². The van der Waals surface area contributed by atoms with Gasteiger partial charge in [-0.25, -0.2) is 0 Å². The van der Waals surface area contributed by atoms with Gasteiger partial charge in [-0.1, -0.05) is 13.3 Å². The molecule has 1 aromatic heterocycles. The van der Waals surface area contributed by atoms with Crippen LogP contribution in [0.5, 0.6) is 0 Å². The van der Waals surface area contributed by atoms with Crippen molar-refractivity contribution in [3.63, 3.8) is 0 Å². The van der Waals surface area contributed by atoms with E-state index >= 15 is 0 Å². The molecule has 0 saturated heterocycles. The zero-order valence-electron chi connectivity index (χ0n) is 10.6. The van der Waals surface area contributed by atoms with E-state index < -0.39 is 0 Å². The number of hydrogen-bond donors (Lipinski definition) is 2. The normalized spacial score (nSPS) is 12.4. The fraction of sp³-hybridized carbons (Fsp3) is 0.615. The standard InChI is InChI=1S/C13H22N2O2/c1-3-5-12(16)11-6-8-15(10-11)9-7-13(17)14-4-2/h6,8,10,12,16H,3-5,7,9H2,1-2H3,(H,14,17). The Labute approximate surface area is 103 Å². The van der Waals surface area contributed by atoms with Gasteiger partial charge in [0.1, 0.15) is 0 Å². The first kappa shape index (κ1) is 13.8. The minimum Gasteiger partial charge on any atom is -0.388 e. The van der Waals surface area contributed by atoms with E-state index in [1.54, 1.807) is 0 Å². The molecule has 96 valence electrons. The summed E-state index contributed by atoms with van der Waals surface area (Å²) in [4.78, 5) is 11.3. The Kier molecular flexibility index (Phi) is 5.77. The first-order valence-electron chi connectivity index (χ1n) is 6.27. The van der Waals surface area contributed by atoms with Gasteiger partial charge in [0, 0.05) is 31.9 Å². The zero-order chi connectivity index (χ0) is 12.7. The van der Waals surface area contributed by atoms with Gasteiger partial charge in [-0.3, -0.25) is 4.79 Å². The third kappa shape index (κ3) is 4.61. The largest absolute Gasteiger partial charge is 0.388 e. The number of carbonyl (C=O) groups excluding carboxylic acids is 1. The van der Waals surface area contributed by atoms with Crippen LogP contribution in [0.15, 0.2) is 18.5 Å². The van der Waals surface area contributed by atoms with Crippen molar-refractivity contribution < 1.29 is 9.90 Å². The molecule has 1 heterocycles. The molecule has 1 rings (SSSR count). The van der Waals surface area contributed by atoms with E-state index in [0.717, 1.165) is 18.4 Å². The van der Waals surface area contributed by atoms with Gasteiger partial charge < -0.3 is 15.0 Å². The zero-order valence-corrected chi connectivity index (χ0v) is 10.6. The molecule has 0 aliphatic rings. The van der Waals surface area contributed by atoms with E-state index in [4.69, 9.17) is 0 Å². The Morgan fingerprint density at radius 2 is 2.29 bits per heavy atom. The van der Waals surface area contributed by atoms with Crippen LogP contribution in [0.2, 0.25) is 0 Å². The maximum Gasteiger partial charge on any atom is 0.221 e. The molecule has 0 saturated carbocycles. The number of hydrogen-bond acceptors (Lipinski definition) is 2. The Morgan fingerprint density at radius 3 is 2.94 bits per heavy atom. The lowest BCUT2D eigenvalue weighted by Gasteiger charge is -2.06. The summed E-state index contributed by atoms with van der Waals surface area (Å²) in [6, 6.07) is 1.91. The van der Waals surface area contributed by atoms with Crippen LogP contribution >= 0.6 is 0 Å². The lowest BCUT2D eigenvalue weighted by molar-refractivity contribution is -0.121. The van der Waals surface area contributed by atoms with Crippen LogP contribution in [0.25, 0.3) is 0 Å². The second-order valence-electron chi connectivity index (χ2n) is 4.19. The fourth-order valence-electron chi connectivity index (χ4n) is 1.75. The number of rotatable bonds is 7. The molecular formula is C13H22N2O2. The van der Waals surface area contributed by atoms with Crippen LogP contribution < -0.4 is 5.32 Å². The van der Waals surface area contributed by atoms with E-state index in [9.17, 15) is 9.90 Å². The highest BCUT2D eigenvalue weighted by Crippen LogP contribution is 2.18. The highest BCUT2D eigenvalue weighted by Gasteiger charge is 2.08. The summed E-state index contributed by atoms with van der Waals surface area (Å²) in [7, 11) is 0. The molecule has 4 heteroatoms. The molecule has 4 nitrogen and oxygen atoms in total. The average Bonchev–Trinajstić information content (AvgIpc) is 2.76. The summed E-state index contributed by atoms with van der Waals surface area (Å²) in [5, 5.41) is 12.6. The first-order chi connectivity index (χ1) is 8.17. The smallest absolute Gasteiger partial charge is 0.221 e. The monoisotopic (exact) mass is 238 g/mol. The maximum absolute atomic E-state index is 11.3. The summed E-state index contributed by atoms with van der Waals surface area (Å²) >= 11 is 0. The fourth-order valence-corrected chi connectivity index (χ4v) is 1.75. The van der Waals surface area contributed by atoms with Crippen molar-refractivity contribution in [3.8, 4) is 0 Å². The molecule has 1 aromatic rings. The van der Waals surface area contributed by atoms with Gasteiger partial charge in [0.25, 0.3) is 0 Å². The van der Waals surface area contributed by atoms with Crippen LogP contribution in [0, 0.1) is 0 Å². The Balaban J connectivity index is 2.43. The average molecular weight is 238 g/mol. The van der Waals surface area contributed by atoms with Crippen molar-refractivity contribution in [1.29, 1.82) is 0 Å². The lowest BCUT2D eigenvalue weighted by atomic mass is 10.1.